The van der Waals surface area contributed by atoms with Gasteiger partial charge in [-0.05, 0) is 6.07 Å². The van der Waals surface area contributed by atoms with Crippen LogP contribution in [0, 0.1) is 10.1 Å². The van der Waals surface area contributed by atoms with Crippen LogP contribution in [0.1, 0.15) is 5.56 Å². The van der Waals surface area contributed by atoms with E-state index in [2.05, 4.69) is 10.3 Å². The lowest BCUT2D eigenvalue weighted by atomic mass is 10.1. The fourth-order valence-corrected chi connectivity index (χ4v) is 1.47. The van der Waals surface area contributed by atoms with Crippen molar-refractivity contribution >= 4 is 16.7 Å². The quantitative estimate of drug-likeness (QED) is 0.568. The van der Waals surface area contributed by atoms with Gasteiger partial charge in [0.2, 0.25) is 0 Å². The van der Waals surface area contributed by atoms with Crippen LogP contribution < -0.4 is 0 Å². The fraction of sp³-hybridized carbons (Fsp3) is 0.250. The number of halogens is 3. The number of rotatable bonds is 1. The van der Waals surface area contributed by atoms with Gasteiger partial charge in [0.25, 0.3) is 5.69 Å². The van der Waals surface area contributed by atoms with Crippen molar-refractivity contribution in [2.24, 2.45) is 7.05 Å². The molecular weight excluding hydrogens is 241 g/mol. The Morgan fingerprint density at radius 2 is 2.06 bits per heavy atom. The predicted octanol–water partition coefficient (Wildman–Crippen LogP) is 1.90. The SMILES string of the molecule is Cn1nnc2cc(C(F)(F)F)cc([N+](=O)[O-])c21. The second-order valence-corrected chi connectivity index (χ2v) is 3.33. The molecule has 0 N–H and O–H groups in total. The summed E-state index contributed by atoms with van der Waals surface area (Å²) in [6, 6.07) is 1.21. The molecule has 2 aromatic rings. The summed E-state index contributed by atoms with van der Waals surface area (Å²) < 4.78 is 38.5. The molecular formula is C8H5F3N4O2. The van der Waals surface area contributed by atoms with Gasteiger partial charge >= 0.3 is 6.18 Å². The number of non-ortho nitro benzene ring substituents is 1. The molecule has 0 spiro atoms. The lowest BCUT2D eigenvalue weighted by Gasteiger charge is -2.06. The third-order valence-electron chi connectivity index (χ3n) is 2.20. The molecule has 90 valence electrons. The third-order valence-corrected chi connectivity index (χ3v) is 2.20. The first-order chi connectivity index (χ1) is 7.80. The van der Waals surface area contributed by atoms with Gasteiger partial charge in [-0.3, -0.25) is 10.1 Å². The largest absolute Gasteiger partial charge is 0.416 e. The zero-order valence-electron chi connectivity index (χ0n) is 8.39. The number of hydrogen-bond acceptors (Lipinski definition) is 4. The maximum atomic E-state index is 12.5. The molecule has 0 unspecified atom stereocenters. The minimum atomic E-state index is -4.66. The smallest absolute Gasteiger partial charge is 0.258 e. The Hall–Kier alpha value is -2.19. The van der Waals surface area contributed by atoms with E-state index in [0.29, 0.717) is 6.07 Å². The van der Waals surface area contributed by atoms with Crippen LogP contribution in [0.4, 0.5) is 18.9 Å². The van der Waals surface area contributed by atoms with Crippen LogP contribution in [0.5, 0.6) is 0 Å². The molecule has 0 amide bonds. The molecule has 6 nitrogen and oxygen atoms in total. The Kier molecular flexibility index (Phi) is 2.26. The number of nitro benzene ring substituents is 1. The van der Waals surface area contributed by atoms with Crippen molar-refractivity contribution in [3.63, 3.8) is 0 Å². The number of alkyl halides is 3. The molecule has 1 heterocycles. The summed E-state index contributed by atoms with van der Waals surface area (Å²) in [5.41, 5.74) is -1.98. The molecule has 1 aromatic carbocycles. The van der Waals surface area contributed by atoms with Crippen molar-refractivity contribution in [1.29, 1.82) is 0 Å². The monoisotopic (exact) mass is 246 g/mol. The van der Waals surface area contributed by atoms with Crippen molar-refractivity contribution in [2.45, 2.75) is 6.18 Å². The number of aromatic nitrogens is 3. The van der Waals surface area contributed by atoms with Crippen LogP contribution in [-0.2, 0) is 13.2 Å². The van der Waals surface area contributed by atoms with Crippen LogP contribution in [0.25, 0.3) is 11.0 Å². The lowest BCUT2D eigenvalue weighted by molar-refractivity contribution is -0.383. The van der Waals surface area contributed by atoms with Crippen molar-refractivity contribution in [3.8, 4) is 0 Å². The first-order valence-electron chi connectivity index (χ1n) is 4.35. The number of nitro groups is 1. The number of fused-ring (bicyclic) bond motifs is 1. The van der Waals surface area contributed by atoms with Crippen molar-refractivity contribution in [2.75, 3.05) is 0 Å². The molecule has 0 aliphatic carbocycles. The predicted molar refractivity (Wildman–Crippen MR) is 50.2 cm³/mol. The summed E-state index contributed by atoms with van der Waals surface area (Å²) in [5.74, 6) is 0. The van der Waals surface area contributed by atoms with E-state index in [1.807, 2.05) is 0 Å². The summed E-state index contributed by atoms with van der Waals surface area (Å²) in [5, 5.41) is 17.6. The molecule has 0 saturated heterocycles. The summed E-state index contributed by atoms with van der Waals surface area (Å²) >= 11 is 0. The van der Waals surface area contributed by atoms with Crippen molar-refractivity contribution < 1.29 is 18.1 Å². The first-order valence-corrected chi connectivity index (χ1v) is 4.35. The van der Waals surface area contributed by atoms with Gasteiger partial charge in [0.15, 0.2) is 5.52 Å². The molecule has 17 heavy (non-hydrogen) atoms. The Labute approximate surface area is 91.8 Å². The second kappa shape index (κ2) is 3.40. The summed E-state index contributed by atoms with van der Waals surface area (Å²) in [4.78, 5) is 9.83. The molecule has 0 fully saturated rings. The zero-order chi connectivity index (χ0) is 12.8. The van der Waals surface area contributed by atoms with E-state index in [-0.39, 0.29) is 11.0 Å². The second-order valence-electron chi connectivity index (χ2n) is 3.33. The molecule has 0 atom stereocenters. The summed E-state index contributed by atoms with van der Waals surface area (Å²) in [7, 11) is 1.37. The topological polar surface area (TPSA) is 73.8 Å². The van der Waals surface area contributed by atoms with Gasteiger partial charge < -0.3 is 0 Å². The lowest BCUT2D eigenvalue weighted by Crippen LogP contribution is -2.06. The Balaban J connectivity index is 2.83. The summed E-state index contributed by atoms with van der Waals surface area (Å²) in [6.07, 6.45) is -4.66. The minimum absolute atomic E-state index is 0.0389. The number of nitrogens with zero attached hydrogens (tertiary/aromatic N) is 4. The molecule has 9 heteroatoms. The highest BCUT2D eigenvalue weighted by atomic mass is 19.4. The molecule has 0 aliphatic heterocycles. The van der Waals surface area contributed by atoms with E-state index in [9.17, 15) is 23.3 Å². The molecule has 0 saturated carbocycles. The standard InChI is InChI=1S/C8H5F3N4O2/c1-14-7-5(12-13-14)2-4(8(9,10)11)3-6(7)15(16)17/h2-3H,1H3. The van der Waals surface area contributed by atoms with Crippen LogP contribution >= 0.6 is 0 Å². The first kappa shape index (κ1) is 11.3. The summed E-state index contributed by atoms with van der Waals surface area (Å²) in [6.45, 7) is 0. The zero-order valence-corrected chi connectivity index (χ0v) is 8.39. The van der Waals surface area contributed by atoms with Crippen LogP contribution in [0.3, 0.4) is 0 Å². The van der Waals surface area contributed by atoms with Gasteiger partial charge in [-0.25, -0.2) is 4.68 Å². The van der Waals surface area contributed by atoms with Crippen LogP contribution in [0.15, 0.2) is 12.1 Å². The molecule has 0 aliphatic rings. The van der Waals surface area contributed by atoms with E-state index in [0.717, 1.165) is 10.7 Å². The number of hydrogen-bond donors (Lipinski definition) is 0. The van der Waals surface area contributed by atoms with Gasteiger partial charge in [-0.2, -0.15) is 13.2 Å². The van der Waals surface area contributed by atoms with E-state index in [1.54, 1.807) is 0 Å². The Morgan fingerprint density at radius 1 is 1.41 bits per heavy atom. The molecule has 0 radical (unpaired) electrons. The highest BCUT2D eigenvalue weighted by Crippen LogP contribution is 2.35. The Morgan fingerprint density at radius 3 is 2.59 bits per heavy atom. The van der Waals surface area contributed by atoms with Gasteiger partial charge in [-0.15, -0.1) is 5.10 Å². The molecule has 2 rings (SSSR count). The van der Waals surface area contributed by atoms with Crippen LogP contribution in [-0.4, -0.2) is 19.9 Å². The fourth-order valence-electron chi connectivity index (χ4n) is 1.47. The van der Waals surface area contributed by atoms with E-state index in [4.69, 9.17) is 0 Å². The van der Waals surface area contributed by atoms with E-state index in [1.165, 1.54) is 7.05 Å². The molecule has 0 bridgehead atoms. The minimum Gasteiger partial charge on any atom is -0.258 e. The van der Waals surface area contributed by atoms with Gasteiger partial charge in [0.05, 0.1) is 10.5 Å². The van der Waals surface area contributed by atoms with Crippen LogP contribution in [0.2, 0.25) is 0 Å². The highest BCUT2D eigenvalue weighted by molar-refractivity contribution is 5.85. The van der Waals surface area contributed by atoms with E-state index < -0.39 is 22.4 Å². The highest BCUT2D eigenvalue weighted by Gasteiger charge is 2.34. The van der Waals surface area contributed by atoms with Gasteiger partial charge in [-0.1, -0.05) is 5.21 Å². The number of benzene rings is 1. The molecule has 1 aromatic heterocycles. The van der Waals surface area contributed by atoms with E-state index >= 15 is 0 Å². The van der Waals surface area contributed by atoms with Gasteiger partial charge in [0, 0.05) is 13.1 Å². The third kappa shape index (κ3) is 1.79. The van der Waals surface area contributed by atoms with Gasteiger partial charge in [0.1, 0.15) is 5.52 Å². The maximum absolute atomic E-state index is 12.5. The Bertz CT molecular complexity index is 605. The average Bonchev–Trinajstić information content (AvgIpc) is 2.58. The van der Waals surface area contributed by atoms with Crippen molar-refractivity contribution in [1.82, 2.24) is 15.0 Å². The normalized spacial score (nSPS) is 12.0. The van der Waals surface area contributed by atoms with Crippen molar-refractivity contribution in [3.05, 3.63) is 27.8 Å². The maximum Gasteiger partial charge on any atom is 0.416 e. The number of aryl methyl sites for hydroxylation is 1. The average molecular weight is 246 g/mol.